The minimum Gasteiger partial charge on any atom is -0.485 e. The van der Waals surface area contributed by atoms with Crippen LogP contribution in [0.3, 0.4) is 0 Å². The van der Waals surface area contributed by atoms with Crippen molar-refractivity contribution in [3.8, 4) is 11.4 Å². The number of aromatic nitrogens is 3. The van der Waals surface area contributed by atoms with Gasteiger partial charge in [-0.25, -0.2) is 18.7 Å². The number of anilines is 1. The lowest BCUT2D eigenvalue weighted by Gasteiger charge is -2.36. The van der Waals surface area contributed by atoms with E-state index in [1.165, 1.54) is 19.9 Å². The van der Waals surface area contributed by atoms with E-state index in [0.29, 0.717) is 47.0 Å². The van der Waals surface area contributed by atoms with Gasteiger partial charge >= 0.3 is 0 Å². The van der Waals surface area contributed by atoms with E-state index in [2.05, 4.69) is 31.2 Å². The summed E-state index contributed by atoms with van der Waals surface area (Å²) in [7, 11) is 1.56. The summed E-state index contributed by atoms with van der Waals surface area (Å²) in [6.07, 6.45) is 2.09. The number of piperazine rings is 1. The SMILES string of the molecule is CNC(=O)c1ncn2c1COc1c-2ccc(F)c1CCN1CCN(c2cccc3nc(C(C)(C)F)ccc23)CC1. The topological polar surface area (TPSA) is 75.5 Å². The quantitative estimate of drug-likeness (QED) is 0.387. The van der Waals surface area contributed by atoms with E-state index in [0.717, 1.165) is 42.8 Å². The molecule has 2 aromatic heterocycles. The number of carbonyl (C=O) groups is 1. The number of alkyl halides is 1. The molecule has 1 saturated heterocycles. The fourth-order valence-electron chi connectivity index (χ4n) is 5.57. The van der Waals surface area contributed by atoms with E-state index in [9.17, 15) is 9.18 Å². The first kappa shape index (κ1) is 26.2. The van der Waals surface area contributed by atoms with Gasteiger partial charge in [0.15, 0.2) is 5.69 Å². The number of amides is 1. The molecular weight excluding hydrogens is 514 g/mol. The molecule has 208 valence electrons. The molecule has 2 aliphatic rings. The third-order valence-corrected chi connectivity index (χ3v) is 7.81. The molecule has 6 rings (SSSR count). The van der Waals surface area contributed by atoms with Gasteiger partial charge in [0.2, 0.25) is 0 Å². The number of fused-ring (bicyclic) bond motifs is 4. The molecule has 0 spiro atoms. The lowest BCUT2D eigenvalue weighted by Crippen LogP contribution is -2.47. The fraction of sp³-hybridized carbons (Fsp3) is 0.367. The minimum absolute atomic E-state index is 0.148. The predicted octanol–water partition coefficient (Wildman–Crippen LogP) is 4.38. The van der Waals surface area contributed by atoms with E-state index in [4.69, 9.17) is 4.74 Å². The second-order valence-corrected chi connectivity index (χ2v) is 10.7. The zero-order valence-corrected chi connectivity index (χ0v) is 22.9. The standard InChI is InChI=1S/C30H32F2N6O2/c1-30(2,32)26-10-7-20-22(35-26)5-4-6-23(20)37-15-13-36(14-16-37)12-11-19-21(31)8-9-24-28(19)40-17-25-27(29(39)33-3)34-18-38(24)25/h4-10,18H,11-17H2,1-3H3,(H,33,39). The predicted molar refractivity (Wildman–Crippen MR) is 149 cm³/mol. The van der Waals surface area contributed by atoms with Crippen LogP contribution in [0.25, 0.3) is 16.6 Å². The highest BCUT2D eigenvalue weighted by Crippen LogP contribution is 2.36. The molecule has 40 heavy (non-hydrogen) atoms. The van der Waals surface area contributed by atoms with Crippen molar-refractivity contribution >= 4 is 22.5 Å². The van der Waals surface area contributed by atoms with Crippen LogP contribution in [0.1, 0.15) is 41.3 Å². The Balaban J connectivity index is 1.14. The molecule has 10 heteroatoms. The van der Waals surface area contributed by atoms with Crippen LogP contribution in [-0.2, 0) is 18.7 Å². The van der Waals surface area contributed by atoms with E-state index in [1.807, 2.05) is 22.8 Å². The van der Waals surface area contributed by atoms with Gasteiger partial charge in [-0.1, -0.05) is 6.07 Å². The maximum absolute atomic E-state index is 15.0. The van der Waals surface area contributed by atoms with E-state index < -0.39 is 5.67 Å². The highest BCUT2D eigenvalue weighted by atomic mass is 19.1. The number of nitrogens with zero attached hydrogens (tertiary/aromatic N) is 5. The van der Waals surface area contributed by atoms with E-state index in [1.54, 1.807) is 25.5 Å². The van der Waals surface area contributed by atoms with Crippen LogP contribution in [0.4, 0.5) is 14.5 Å². The first-order valence-electron chi connectivity index (χ1n) is 13.5. The van der Waals surface area contributed by atoms with Gasteiger partial charge in [-0.15, -0.1) is 0 Å². The van der Waals surface area contributed by atoms with Crippen molar-refractivity contribution in [3.63, 3.8) is 0 Å². The summed E-state index contributed by atoms with van der Waals surface area (Å²) in [5.41, 5.74) is 3.00. The first-order chi connectivity index (χ1) is 19.2. The Bertz CT molecular complexity index is 1590. The van der Waals surface area contributed by atoms with Crippen molar-refractivity contribution in [2.24, 2.45) is 0 Å². The fourth-order valence-corrected chi connectivity index (χ4v) is 5.57. The maximum Gasteiger partial charge on any atom is 0.271 e. The molecule has 0 unspecified atom stereocenters. The summed E-state index contributed by atoms with van der Waals surface area (Å²) in [5, 5.41) is 3.60. The molecule has 4 aromatic rings. The number of nitrogens with one attached hydrogen (secondary N) is 1. The normalized spacial score (nSPS) is 15.5. The average molecular weight is 547 g/mol. The lowest BCUT2D eigenvalue weighted by atomic mass is 10.0. The van der Waals surface area contributed by atoms with Gasteiger partial charge in [0, 0.05) is 56.4 Å². The summed E-state index contributed by atoms with van der Waals surface area (Å²) < 4.78 is 37.3. The van der Waals surface area contributed by atoms with E-state index >= 15 is 4.39 Å². The zero-order chi connectivity index (χ0) is 28.0. The van der Waals surface area contributed by atoms with Gasteiger partial charge in [0.1, 0.15) is 30.2 Å². The number of halogens is 2. The summed E-state index contributed by atoms with van der Waals surface area (Å²) in [5.74, 6) is -0.0758. The molecule has 0 radical (unpaired) electrons. The van der Waals surface area contributed by atoms with Crippen molar-refractivity contribution in [1.29, 1.82) is 0 Å². The summed E-state index contributed by atoms with van der Waals surface area (Å²) in [4.78, 5) is 25.6. The summed E-state index contributed by atoms with van der Waals surface area (Å²) in [6, 6.07) is 12.8. The van der Waals surface area contributed by atoms with Gasteiger partial charge in [-0.2, -0.15) is 0 Å². The Hall–Kier alpha value is -4.05. The van der Waals surface area contributed by atoms with Crippen LogP contribution in [0.15, 0.2) is 48.8 Å². The van der Waals surface area contributed by atoms with Crippen molar-refractivity contribution < 1.29 is 18.3 Å². The molecule has 4 heterocycles. The Labute approximate surface area is 231 Å². The maximum atomic E-state index is 15.0. The molecule has 0 bridgehead atoms. The zero-order valence-electron chi connectivity index (χ0n) is 22.9. The summed E-state index contributed by atoms with van der Waals surface area (Å²) >= 11 is 0. The van der Waals surface area contributed by atoms with Gasteiger partial charge in [0.05, 0.1) is 22.6 Å². The van der Waals surface area contributed by atoms with Gasteiger partial charge in [-0.05, 0) is 56.7 Å². The minimum atomic E-state index is -1.49. The third kappa shape index (κ3) is 4.66. The molecular formula is C30H32F2N6O2. The van der Waals surface area contributed by atoms with Crippen molar-refractivity contribution in [1.82, 2.24) is 24.8 Å². The molecule has 0 aliphatic carbocycles. The molecule has 0 atom stereocenters. The Morgan fingerprint density at radius 2 is 1.88 bits per heavy atom. The highest BCUT2D eigenvalue weighted by Gasteiger charge is 2.28. The van der Waals surface area contributed by atoms with Crippen LogP contribution in [0.5, 0.6) is 5.75 Å². The van der Waals surface area contributed by atoms with Crippen molar-refractivity contribution in [3.05, 3.63) is 77.3 Å². The number of rotatable bonds is 6. The lowest BCUT2D eigenvalue weighted by molar-refractivity contribution is 0.0955. The van der Waals surface area contributed by atoms with Crippen LogP contribution in [0, 0.1) is 5.82 Å². The molecule has 2 aliphatic heterocycles. The van der Waals surface area contributed by atoms with Gasteiger partial charge in [-0.3, -0.25) is 14.3 Å². The molecule has 1 fully saturated rings. The first-order valence-corrected chi connectivity index (χ1v) is 13.5. The molecule has 8 nitrogen and oxygen atoms in total. The van der Waals surface area contributed by atoms with Gasteiger partial charge in [0.25, 0.3) is 5.91 Å². The monoisotopic (exact) mass is 546 g/mol. The van der Waals surface area contributed by atoms with Crippen LogP contribution in [0.2, 0.25) is 0 Å². The third-order valence-electron chi connectivity index (χ3n) is 7.81. The Morgan fingerprint density at radius 3 is 2.62 bits per heavy atom. The molecule has 0 saturated carbocycles. The second-order valence-electron chi connectivity index (χ2n) is 10.7. The second kappa shape index (κ2) is 10.2. The van der Waals surface area contributed by atoms with Gasteiger partial charge < -0.3 is 15.0 Å². The largest absolute Gasteiger partial charge is 0.485 e. The van der Waals surface area contributed by atoms with Crippen molar-refractivity contribution in [2.45, 2.75) is 32.5 Å². The number of carbonyl (C=O) groups excluding carboxylic acids is 1. The highest BCUT2D eigenvalue weighted by molar-refractivity contribution is 5.93. The molecule has 1 N–H and O–H groups in total. The van der Waals surface area contributed by atoms with E-state index in [-0.39, 0.29) is 18.3 Å². The Morgan fingerprint density at radius 1 is 1.07 bits per heavy atom. The number of ether oxygens (including phenoxy) is 1. The number of benzene rings is 2. The molecule has 2 aromatic carbocycles. The van der Waals surface area contributed by atoms with Crippen LogP contribution in [-0.4, -0.2) is 65.1 Å². The number of pyridine rings is 1. The van der Waals surface area contributed by atoms with Crippen molar-refractivity contribution in [2.75, 3.05) is 44.7 Å². The van der Waals surface area contributed by atoms with Crippen LogP contribution >= 0.6 is 0 Å². The smallest absolute Gasteiger partial charge is 0.271 e. The number of hydrogen-bond acceptors (Lipinski definition) is 6. The summed E-state index contributed by atoms with van der Waals surface area (Å²) in [6.45, 7) is 7.18. The number of hydrogen-bond donors (Lipinski definition) is 1. The molecule has 1 amide bonds. The number of imidazole rings is 1. The van der Waals surface area contributed by atoms with Crippen LogP contribution < -0.4 is 15.0 Å². The average Bonchev–Trinajstić information content (AvgIpc) is 3.40. The Kier molecular flexibility index (Phi) is 6.66.